The SMILES string of the molecule is CC(=O)N[C@H]1[C@H]([C@H](O)[C@H](O)COC(C)=O)O[C@@](OC[C@H]2OC(O)[C@H](NC(C)=O)[C@@H](O)[C@H]2O)(C(=O)O)C[C@@H]1O. The average molecular weight is 555 g/mol. The summed E-state index contributed by atoms with van der Waals surface area (Å²) < 4.78 is 20.7. The van der Waals surface area contributed by atoms with Crippen molar-refractivity contribution in [1.82, 2.24) is 10.6 Å². The van der Waals surface area contributed by atoms with E-state index >= 15 is 0 Å². The maximum Gasteiger partial charge on any atom is 0.364 e. The fourth-order valence-electron chi connectivity index (χ4n) is 4.16. The van der Waals surface area contributed by atoms with Crippen molar-refractivity contribution in [2.24, 2.45) is 0 Å². The van der Waals surface area contributed by atoms with Crippen LogP contribution < -0.4 is 10.6 Å². The van der Waals surface area contributed by atoms with E-state index in [-0.39, 0.29) is 0 Å². The van der Waals surface area contributed by atoms with E-state index in [0.717, 1.165) is 20.8 Å². The number of aliphatic hydroxyl groups is 6. The molecule has 0 aromatic rings. The molecular weight excluding hydrogens is 520 g/mol. The number of rotatable bonds is 10. The highest BCUT2D eigenvalue weighted by molar-refractivity contribution is 5.76. The van der Waals surface area contributed by atoms with Gasteiger partial charge in [0.25, 0.3) is 5.79 Å². The standard InChI is InChI=1S/C21H34N2O15/c1-7(24)22-13-10(27)4-21(20(33)34,38-18(13)15(29)11(28)5-35-9(3)26)36-6-12-16(30)17(31)14(19(32)37-12)23-8(2)25/h10-19,27-32H,4-6H2,1-3H3,(H,22,24)(H,23,25)(H,33,34)/t10-,11+,12+,13+,14+,15+,16-,17+,18+,19?,21+/m0/s1. The Hall–Kier alpha value is -2.48. The van der Waals surface area contributed by atoms with Gasteiger partial charge in [0.05, 0.1) is 18.8 Å². The summed E-state index contributed by atoms with van der Waals surface area (Å²) in [4.78, 5) is 46.3. The molecule has 17 nitrogen and oxygen atoms in total. The van der Waals surface area contributed by atoms with Crippen LogP contribution in [0.3, 0.4) is 0 Å². The van der Waals surface area contributed by atoms with Crippen molar-refractivity contribution < 1.29 is 73.9 Å². The summed E-state index contributed by atoms with van der Waals surface area (Å²) in [6.45, 7) is 1.65. The van der Waals surface area contributed by atoms with Gasteiger partial charge >= 0.3 is 11.9 Å². The Bertz CT molecular complexity index is 874. The molecule has 2 heterocycles. The zero-order chi connectivity index (χ0) is 28.9. The minimum Gasteiger partial charge on any atom is -0.477 e. The number of carboxylic acids is 1. The van der Waals surface area contributed by atoms with E-state index in [2.05, 4.69) is 15.4 Å². The second kappa shape index (κ2) is 13.0. The van der Waals surface area contributed by atoms with Gasteiger partial charge in [-0.2, -0.15) is 0 Å². The maximum absolute atomic E-state index is 12.2. The number of carbonyl (C=O) groups excluding carboxylic acids is 3. The van der Waals surface area contributed by atoms with Gasteiger partial charge in [-0.05, 0) is 0 Å². The number of carbonyl (C=O) groups is 4. The molecule has 2 aliphatic heterocycles. The van der Waals surface area contributed by atoms with Crippen LogP contribution in [0, 0.1) is 0 Å². The molecule has 0 spiro atoms. The van der Waals surface area contributed by atoms with Crippen molar-refractivity contribution in [1.29, 1.82) is 0 Å². The molecule has 9 N–H and O–H groups in total. The van der Waals surface area contributed by atoms with E-state index in [0.29, 0.717) is 0 Å². The molecule has 2 amide bonds. The molecular formula is C21H34N2O15. The Morgan fingerprint density at radius 3 is 2.08 bits per heavy atom. The second-order valence-corrected chi connectivity index (χ2v) is 9.08. The first kappa shape index (κ1) is 31.7. The molecule has 38 heavy (non-hydrogen) atoms. The molecule has 2 rings (SSSR count). The third-order valence-corrected chi connectivity index (χ3v) is 6.03. The number of carboxylic acid groups (broad SMARTS) is 1. The molecule has 0 radical (unpaired) electrons. The summed E-state index contributed by atoms with van der Waals surface area (Å²) >= 11 is 0. The van der Waals surface area contributed by atoms with Gasteiger partial charge in [-0.3, -0.25) is 14.4 Å². The third kappa shape index (κ3) is 7.55. The Kier molecular flexibility index (Phi) is 10.9. The zero-order valence-electron chi connectivity index (χ0n) is 20.8. The number of esters is 1. The molecule has 0 bridgehead atoms. The van der Waals surface area contributed by atoms with Crippen molar-refractivity contribution in [3.05, 3.63) is 0 Å². The number of nitrogens with one attached hydrogen (secondary N) is 2. The van der Waals surface area contributed by atoms with Crippen LogP contribution in [0.5, 0.6) is 0 Å². The first-order valence-corrected chi connectivity index (χ1v) is 11.6. The van der Waals surface area contributed by atoms with Crippen LogP contribution in [0.4, 0.5) is 0 Å². The smallest absolute Gasteiger partial charge is 0.364 e. The number of amides is 2. The number of aliphatic carboxylic acids is 1. The summed E-state index contributed by atoms with van der Waals surface area (Å²) in [6.07, 6.45) is -15.1. The molecule has 11 atom stereocenters. The van der Waals surface area contributed by atoms with Crippen molar-refractivity contribution in [2.45, 2.75) is 94.1 Å². The summed E-state index contributed by atoms with van der Waals surface area (Å²) in [5, 5.41) is 76.8. The Morgan fingerprint density at radius 2 is 1.55 bits per heavy atom. The molecule has 2 fully saturated rings. The van der Waals surface area contributed by atoms with Crippen LogP contribution in [0.15, 0.2) is 0 Å². The molecule has 0 saturated carbocycles. The summed E-state index contributed by atoms with van der Waals surface area (Å²) in [5.41, 5.74) is 0. The summed E-state index contributed by atoms with van der Waals surface area (Å²) in [6, 6.07) is -2.85. The van der Waals surface area contributed by atoms with Gasteiger partial charge in [0.15, 0.2) is 6.29 Å². The van der Waals surface area contributed by atoms with Crippen LogP contribution >= 0.6 is 0 Å². The van der Waals surface area contributed by atoms with E-state index in [1.165, 1.54) is 0 Å². The van der Waals surface area contributed by atoms with E-state index < -0.39 is 110 Å². The third-order valence-electron chi connectivity index (χ3n) is 6.03. The highest BCUT2D eigenvalue weighted by Crippen LogP contribution is 2.34. The van der Waals surface area contributed by atoms with Crippen LogP contribution in [0.1, 0.15) is 27.2 Å². The van der Waals surface area contributed by atoms with Crippen molar-refractivity contribution >= 4 is 23.8 Å². The van der Waals surface area contributed by atoms with Crippen LogP contribution in [0.2, 0.25) is 0 Å². The lowest BCUT2D eigenvalue weighted by Gasteiger charge is -2.47. The largest absolute Gasteiger partial charge is 0.477 e. The number of hydrogen-bond donors (Lipinski definition) is 9. The zero-order valence-corrected chi connectivity index (χ0v) is 20.8. The Labute approximate surface area is 216 Å². The lowest BCUT2D eigenvalue weighted by molar-refractivity contribution is -0.328. The van der Waals surface area contributed by atoms with Gasteiger partial charge in [-0.25, -0.2) is 4.79 Å². The molecule has 2 aliphatic rings. The lowest BCUT2D eigenvalue weighted by Crippen LogP contribution is -2.68. The van der Waals surface area contributed by atoms with Crippen LogP contribution in [0.25, 0.3) is 0 Å². The lowest BCUT2D eigenvalue weighted by atomic mass is 9.88. The minimum absolute atomic E-state index is 0.637. The van der Waals surface area contributed by atoms with Gasteiger partial charge in [-0.1, -0.05) is 0 Å². The van der Waals surface area contributed by atoms with Gasteiger partial charge in [0.2, 0.25) is 11.8 Å². The van der Waals surface area contributed by atoms with E-state index in [4.69, 9.17) is 14.2 Å². The van der Waals surface area contributed by atoms with Crippen LogP contribution in [-0.2, 0) is 38.1 Å². The monoisotopic (exact) mass is 554 g/mol. The first-order valence-electron chi connectivity index (χ1n) is 11.6. The molecule has 0 aromatic heterocycles. The predicted molar refractivity (Wildman–Crippen MR) is 119 cm³/mol. The summed E-state index contributed by atoms with van der Waals surface area (Å²) in [5.74, 6) is -6.68. The van der Waals surface area contributed by atoms with E-state index in [1.807, 2.05) is 0 Å². The topological polar surface area (TPSA) is 271 Å². The molecule has 0 aliphatic carbocycles. The highest BCUT2D eigenvalue weighted by atomic mass is 16.7. The van der Waals surface area contributed by atoms with Crippen LogP contribution in [-0.4, -0.2) is 140 Å². The van der Waals surface area contributed by atoms with Crippen molar-refractivity contribution in [2.75, 3.05) is 13.2 Å². The normalized spacial score (nSPS) is 37.0. The van der Waals surface area contributed by atoms with Gasteiger partial charge in [0, 0.05) is 27.2 Å². The number of aliphatic hydroxyl groups excluding tert-OH is 6. The predicted octanol–water partition coefficient (Wildman–Crippen LogP) is -5.33. The fraction of sp³-hybridized carbons (Fsp3) is 0.810. The maximum atomic E-state index is 12.2. The number of hydrogen-bond acceptors (Lipinski definition) is 14. The number of ether oxygens (including phenoxy) is 4. The van der Waals surface area contributed by atoms with Crippen molar-refractivity contribution in [3.63, 3.8) is 0 Å². The molecule has 1 unspecified atom stereocenters. The van der Waals surface area contributed by atoms with Crippen molar-refractivity contribution in [3.8, 4) is 0 Å². The van der Waals surface area contributed by atoms with Gasteiger partial charge in [-0.15, -0.1) is 0 Å². The van der Waals surface area contributed by atoms with Gasteiger partial charge in [0.1, 0.15) is 49.3 Å². The Balaban J connectivity index is 2.27. The minimum atomic E-state index is -2.74. The summed E-state index contributed by atoms with van der Waals surface area (Å²) in [7, 11) is 0. The second-order valence-electron chi connectivity index (χ2n) is 9.08. The molecule has 2 saturated heterocycles. The fourth-order valence-corrected chi connectivity index (χ4v) is 4.16. The van der Waals surface area contributed by atoms with E-state index in [9.17, 15) is 54.9 Å². The molecule has 17 heteroatoms. The highest BCUT2D eigenvalue weighted by Gasteiger charge is 2.56. The first-order chi connectivity index (χ1) is 17.6. The Morgan fingerprint density at radius 1 is 0.974 bits per heavy atom. The quantitative estimate of drug-likeness (QED) is 0.114. The van der Waals surface area contributed by atoms with E-state index in [1.54, 1.807) is 0 Å². The average Bonchev–Trinajstić information content (AvgIpc) is 2.82. The molecule has 218 valence electrons. The van der Waals surface area contributed by atoms with Gasteiger partial charge < -0.3 is 65.3 Å². The molecule has 0 aromatic carbocycles.